The molecule has 0 bridgehead atoms. The molecule has 1 aromatic carbocycles. The Bertz CT molecular complexity index is 904. The van der Waals surface area contributed by atoms with E-state index in [0.717, 1.165) is 22.0 Å². The summed E-state index contributed by atoms with van der Waals surface area (Å²) >= 11 is 0. The molecule has 2 aromatic rings. The maximum atomic E-state index is 12.2. The van der Waals surface area contributed by atoms with E-state index in [1.54, 1.807) is 0 Å². The number of β-amino-alcohol motifs (C(OH)–C–C–N with tert-alkyl or cyclic N) is 1. The SMILES string of the molecule is CCN(c1ccc(NC2=CC(=O)N(CCO)C2=O)cc1)c1nc(C)cc(C)n1. The summed E-state index contributed by atoms with van der Waals surface area (Å²) in [5.41, 5.74) is 3.60. The van der Waals surface area contributed by atoms with E-state index < -0.39 is 11.8 Å². The lowest BCUT2D eigenvalue weighted by atomic mass is 10.2. The molecule has 0 saturated carbocycles. The van der Waals surface area contributed by atoms with Gasteiger partial charge in [0.15, 0.2) is 0 Å². The fourth-order valence-corrected chi connectivity index (χ4v) is 3.06. The molecule has 3 rings (SSSR count). The number of hydrogen-bond acceptors (Lipinski definition) is 7. The molecule has 0 unspecified atom stereocenters. The Morgan fingerprint density at radius 1 is 1.11 bits per heavy atom. The van der Waals surface area contributed by atoms with E-state index in [1.165, 1.54) is 6.08 Å². The van der Waals surface area contributed by atoms with E-state index in [0.29, 0.717) is 18.2 Å². The van der Waals surface area contributed by atoms with Gasteiger partial charge in [0, 0.05) is 35.4 Å². The Morgan fingerprint density at radius 2 is 1.75 bits per heavy atom. The van der Waals surface area contributed by atoms with Crippen LogP contribution in [0.15, 0.2) is 42.1 Å². The first-order valence-electron chi connectivity index (χ1n) is 9.08. The van der Waals surface area contributed by atoms with Crippen molar-refractivity contribution in [2.24, 2.45) is 0 Å². The van der Waals surface area contributed by atoms with Gasteiger partial charge in [-0.05, 0) is 51.1 Å². The highest BCUT2D eigenvalue weighted by molar-refractivity contribution is 6.17. The minimum atomic E-state index is -0.443. The van der Waals surface area contributed by atoms with Crippen LogP contribution in [0.25, 0.3) is 0 Å². The summed E-state index contributed by atoms with van der Waals surface area (Å²) in [5.74, 6) is -0.233. The standard InChI is InChI=1S/C20H23N5O3/c1-4-24(20-21-13(2)11-14(3)22-20)16-7-5-15(6-8-16)23-17-12-18(27)25(9-10-26)19(17)28/h5-8,11-12,23,26H,4,9-10H2,1-3H3. The Kier molecular flexibility index (Phi) is 5.70. The molecular formula is C20H23N5O3. The van der Waals surface area contributed by atoms with Gasteiger partial charge in [-0.3, -0.25) is 14.5 Å². The van der Waals surface area contributed by atoms with Gasteiger partial charge in [0.2, 0.25) is 5.95 Å². The third-order valence-corrected chi connectivity index (χ3v) is 4.32. The van der Waals surface area contributed by atoms with Crippen molar-refractivity contribution in [1.82, 2.24) is 14.9 Å². The normalized spacial score (nSPS) is 13.7. The van der Waals surface area contributed by atoms with Crippen LogP contribution in [0.2, 0.25) is 0 Å². The van der Waals surface area contributed by atoms with Crippen molar-refractivity contribution in [1.29, 1.82) is 0 Å². The Labute approximate surface area is 163 Å². The average Bonchev–Trinajstić information content (AvgIpc) is 2.91. The van der Waals surface area contributed by atoms with Gasteiger partial charge in [-0.1, -0.05) is 0 Å². The number of aliphatic hydroxyl groups is 1. The minimum Gasteiger partial charge on any atom is -0.395 e. The van der Waals surface area contributed by atoms with E-state index in [4.69, 9.17) is 5.11 Å². The zero-order valence-electron chi connectivity index (χ0n) is 16.1. The summed E-state index contributed by atoms with van der Waals surface area (Å²) in [6.07, 6.45) is 1.24. The van der Waals surface area contributed by atoms with Crippen molar-refractivity contribution < 1.29 is 14.7 Å². The maximum absolute atomic E-state index is 12.2. The topological polar surface area (TPSA) is 98.7 Å². The number of carbonyl (C=O) groups is 2. The molecule has 8 nitrogen and oxygen atoms in total. The first-order chi connectivity index (χ1) is 13.4. The molecule has 0 atom stereocenters. The number of aromatic nitrogens is 2. The molecule has 1 aliphatic rings. The fourth-order valence-electron chi connectivity index (χ4n) is 3.06. The Balaban J connectivity index is 1.77. The summed E-state index contributed by atoms with van der Waals surface area (Å²) in [5, 5.41) is 11.9. The number of imide groups is 1. The molecular weight excluding hydrogens is 358 g/mol. The van der Waals surface area contributed by atoms with Gasteiger partial charge in [-0.15, -0.1) is 0 Å². The van der Waals surface area contributed by atoms with Crippen LogP contribution in [0.1, 0.15) is 18.3 Å². The molecule has 1 aliphatic heterocycles. The third kappa shape index (κ3) is 4.01. The zero-order chi connectivity index (χ0) is 20.3. The molecule has 0 radical (unpaired) electrons. The molecule has 0 fully saturated rings. The second-order valence-electron chi connectivity index (χ2n) is 6.44. The summed E-state index contributed by atoms with van der Waals surface area (Å²) in [6, 6.07) is 9.39. The third-order valence-electron chi connectivity index (χ3n) is 4.32. The lowest BCUT2D eigenvalue weighted by Gasteiger charge is -2.22. The molecule has 28 heavy (non-hydrogen) atoms. The molecule has 2 heterocycles. The van der Waals surface area contributed by atoms with Crippen LogP contribution >= 0.6 is 0 Å². The van der Waals surface area contributed by atoms with Gasteiger partial charge < -0.3 is 15.3 Å². The molecule has 1 aromatic heterocycles. The van der Waals surface area contributed by atoms with Crippen molar-refractivity contribution in [3.63, 3.8) is 0 Å². The van der Waals surface area contributed by atoms with E-state index in [1.807, 2.05) is 56.0 Å². The largest absolute Gasteiger partial charge is 0.395 e. The highest BCUT2D eigenvalue weighted by atomic mass is 16.3. The number of amides is 2. The van der Waals surface area contributed by atoms with Crippen LogP contribution in [-0.2, 0) is 9.59 Å². The van der Waals surface area contributed by atoms with Crippen LogP contribution in [-0.4, -0.2) is 51.5 Å². The summed E-state index contributed by atoms with van der Waals surface area (Å²) in [7, 11) is 0. The van der Waals surface area contributed by atoms with E-state index in [2.05, 4.69) is 15.3 Å². The van der Waals surface area contributed by atoms with Crippen LogP contribution < -0.4 is 10.2 Å². The van der Waals surface area contributed by atoms with Crippen LogP contribution in [0.5, 0.6) is 0 Å². The number of rotatable bonds is 7. The Hall–Kier alpha value is -3.26. The molecule has 0 aliphatic carbocycles. The highest BCUT2D eigenvalue weighted by Gasteiger charge is 2.30. The first kappa shape index (κ1) is 19.5. The number of hydrogen-bond donors (Lipinski definition) is 2. The van der Waals surface area contributed by atoms with Gasteiger partial charge in [-0.2, -0.15) is 0 Å². The molecule has 8 heteroatoms. The minimum absolute atomic E-state index is 0.0142. The van der Waals surface area contributed by atoms with E-state index in [-0.39, 0.29) is 18.8 Å². The van der Waals surface area contributed by atoms with Crippen molar-refractivity contribution in [3.8, 4) is 0 Å². The van der Waals surface area contributed by atoms with Crippen LogP contribution in [0.4, 0.5) is 17.3 Å². The van der Waals surface area contributed by atoms with Gasteiger partial charge in [-0.25, -0.2) is 9.97 Å². The van der Waals surface area contributed by atoms with E-state index >= 15 is 0 Å². The number of anilines is 3. The lowest BCUT2D eigenvalue weighted by Crippen LogP contribution is -2.34. The number of aliphatic hydroxyl groups excluding tert-OH is 1. The quantitative estimate of drug-likeness (QED) is 0.707. The van der Waals surface area contributed by atoms with Crippen molar-refractivity contribution in [2.75, 3.05) is 29.9 Å². The van der Waals surface area contributed by atoms with Crippen molar-refractivity contribution >= 4 is 29.1 Å². The smallest absolute Gasteiger partial charge is 0.277 e. The second kappa shape index (κ2) is 8.18. The number of carbonyl (C=O) groups excluding carboxylic acids is 2. The van der Waals surface area contributed by atoms with Gasteiger partial charge >= 0.3 is 0 Å². The molecule has 146 valence electrons. The van der Waals surface area contributed by atoms with Gasteiger partial charge in [0.05, 0.1) is 13.2 Å². The van der Waals surface area contributed by atoms with Crippen LogP contribution in [0, 0.1) is 13.8 Å². The van der Waals surface area contributed by atoms with Gasteiger partial charge in [0.25, 0.3) is 11.8 Å². The maximum Gasteiger partial charge on any atom is 0.277 e. The summed E-state index contributed by atoms with van der Waals surface area (Å²) < 4.78 is 0. The zero-order valence-corrected chi connectivity index (χ0v) is 16.1. The number of nitrogens with zero attached hydrogens (tertiary/aromatic N) is 4. The van der Waals surface area contributed by atoms with Crippen molar-refractivity contribution in [2.45, 2.75) is 20.8 Å². The number of benzene rings is 1. The summed E-state index contributed by atoms with van der Waals surface area (Å²) in [4.78, 5) is 36.1. The number of aryl methyl sites for hydroxylation is 2. The molecule has 2 amide bonds. The monoisotopic (exact) mass is 381 g/mol. The fraction of sp³-hybridized carbons (Fsp3) is 0.300. The Morgan fingerprint density at radius 3 is 2.32 bits per heavy atom. The number of nitrogens with one attached hydrogen (secondary N) is 1. The van der Waals surface area contributed by atoms with Crippen molar-refractivity contribution in [3.05, 3.63) is 53.5 Å². The summed E-state index contributed by atoms with van der Waals surface area (Å²) in [6.45, 7) is 6.32. The molecule has 0 saturated heterocycles. The molecule has 2 N–H and O–H groups in total. The highest BCUT2D eigenvalue weighted by Crippen LogP contribution is 2.25. The predicted molar refractivity (Wildman–Crippen MR) is 106 cm³/mol. The average molecular weight is 381 g/mol. The van der Waals surface area contributed by atoms with E-state index in [9.17, 15) is 9.59 Å². The van der Waals surface area contributed by atoms with Crippen LogP contribution in [0.3, 0.4) is 0 Å². The lowest BCUT2D eigenvalue weighted by molar-refractivity contribution is -0.137. The second-order valence-corrected chi connectivity index (χ2v) is 6.44. The predicted octanol–water partition coefficient (Wildman–Crippen LogP) is 1.91. The molecule has 0 spiro atoms. The first-order valence-corrected chi connectivity index (χ1v) is 9.08. The van der Waals surface area contributed by atoms with Gasteiger partial charge in [0.1, 0.15) is 5.70 Å².